The molecule has 0 heterocycles. The van der Waals surface area contributed by atoms with Gasteiger partial charge in [0.05, 0.1) is 6.04 Å². The van der Waals surface area contributed by atoms with Gasteiger partial charge < -0.3 is 21.1 Å². The van der Waals surface area contributed by atoms with E-state index in [0.717, 1.165) is 12.8 Å². The Bertz CT molecular complexity index is 395. The first kappa shape index (κ1) is 23.2. The molecular weight excluding hydrogens is 324 g/mol. The number of unbranched alkanes of at least 4 members (excludes halogenated alkanes) is 1. The second-order valence-electron chi connectivity index (χ2n) is 7.83. The van der Waals surface area contributed by atoms with Crippen LogP contribution >= 0.6 is 11.1 Å². The third-order valence-corrected chi connectivity index (χ3v) is 4.12. The zero-order valence-electron chi connectivity index (χ0n) is 16.4. The predicted octanol–water partition coefficient (Wildman–Crippen LogP) is 1.30. The van der Waals surface area contributed by atoms with E-state index >= 15 is 0 Å². The Balaban J connectivity index is 4.99. The molecule has 0 aliphatic rings. The first-order valence-electron chi connectivity index (χ1n) is 8.74. The lowest BCUT2D eigenvalue weighted by Crippen LogP contribution is -2.57. The van der Waals surface area contributed by atoms with E-state index in [-0.39, 0.29) is 29.3 Å². The molecule has 0 aromatic rings. The first-order valence-corrected chi connectivity index (χ1v) is 11.0. The van der Waals surface area contributed by atoms with Gasteiger partial charge in [0, 0.05) is 5.54 Å². The summed E-state index contributed by atoms with van der Waals surface area (Å²) in [7, 11) is 0. The fourth-order valence-corrected chi connectivity index (χ4v) is 2.92. The quantitative estimate of drug-likeness (QED) is 0.299. The molecule has 24 heavy (non-hydrogen) atoms. The number of carbonyl (C=O) groups excluding carboxylic acids is 2. The smallest absolute Gasteiger partial charge is 0.250 e. The molecule has 0 bridgehead atoms. The maximum Gasteiger partial charge on any atom is 0.250 e. The molecule has 2 atom stereocenters. The van der Waals surface area contributed by atoms with E-state index < -0.39 is 17.1 Å². The molecule has 7 heteroatoms. The van der Waals surface area contributed by atoms with Crippen molar-refractivity contribution in [3.05, 3.63) is 0 Å². The zero-order chi connectivity index (χ0) is 18.9. The van der Waals surface area contributed by atoms with Crippen LogP contribution in [-0.4, -0.2) is 48.5 Å². The van der Waals surface area contributed by atoms with Crippen LogP contribution in [0.3, 0.4) is 0 Å². The van der Waals surface area contributed by atoms with Crippen molar-refractivity contribution in [2.24, 2.45) is 11.7 Å². The zero-order valence-corrected chi connectivity index (χ0v) is 17.3. The molecule has 2 amide bonds. The Hall–Kier alpha value is -0.790. The molecule has 0 aliphatic carbocycles. The maximum atomic E-state index is 12.7. The van der Waals surface area contributed by atoms with Crippen molar-refractivity contribution in [1.29, 1.82) is 0 Å². The number of carbonyl (C=O) groups is 2. The molecule has 0 aromatic heterocycles. The Kier molecular flexibility index (Phi) is 10.6. The van der Waals surface area contributed by atoms with Gasteiger partial charge in [-0.25, -0.2) is 0 Å². The van der Waals surface area contributed by atoms with Crippen LogP contribution in [0.4, 0.5) is 0 Å². The molecule has 144 valence electrons. The van der Waals surface area contributed by atoms with Gasteiger partial charge in [0.15, 0.2) is 0 Å². The van der Waals surface area contributed by atoms with Crippen LogP contribution in [0.1, 0.15) is 53.9 Å². The number of nitrogens with one attached hydrogen (secondary N) is 3. The number of amides is 2. The van der Waals surface area contributed by atoms with Crippen molar-refractivity contribution in [2.75, 3.05) is 19.1 Å². The van der Waals surface area contributed by atoms with Crippen LogP contribution in [0.25, 0.3) is 0 Å². The Labute approximate surface area is 150 Å². The van der Waals surface area contributed by atoms with Gasteiger partial charge in [0.25, 0.3) is 5.91 Å². The van der Waals surface area contributed by atoms with E-state index in [1.54, 1.807) is 0 Å². The van der Waals surface area contributed by atoms with Crippen molar-refractivity contribution in [1.82, 2.24) is 15.4 Å². The van der Waals surface area contributed by atoms with Crippen molar-refractivity contribution in [3.63, 3.8) is 0 Å². The van der Waals surface area contributed by atoms with Crippen molar-refractivity contribution >= 4 is 22.9 Å². The predicted molar refractivity (Wildman–Crippen MR) is 105 cm³/mol. The topological polar surface area (TPSA) is 96.2 Å². The third kappa shape index (κ3) is 10.2. The van der Waals surface area contributed by atoms with Gasteiger partial charge in [0.1, 0.15) is 6.04 Å². The monoisotopic (exact) mass is 362 g/mol. The van der Waals surface area contributed by atoms with Gasteiger partial charge in [-0.3, -0.25) is 9.59 Å². The van der Waals surface area contributed by atoms with Crippen LogP contribution in [0, 0.1) is 5.92 Å². The van der Waals surface area contributed by atoms with E-state index in [1.165, 1.54) is 0 Å². The molecule has 0 saturated carbocycles. The Morgan fingerprint density at radius 2 is 1.67 bits per heavy atom. The van der Waals surface area contributed by atoms with E-state index in [0.29, 0.717) is 13.0 Å². The van der Waals surface area contributed by atoms with Crippen molar-refractivity contribution < 1.29 is 9.59 Å². The van der Waals surface area contributed by atoms with Crippen molar-refractivity contribution in [3.8, 4) is 0 Å². The fraction of sp³-hybridized carbons (Fsp3) is 0.882. The van der Waals surface area contributed by atoms with Gasteiger partial charge in [-0.1, -0.05) is 13.8 Å². The summed E-state index contributed by atoms with van der Waals surface area (Å²) in [5.74, 6) is -0.0921. The van der Waals surface area contributed by atoms with Crippen LogP contribution in [0.5, 0.6) is 0 Å². The molecular formula is C17H38N4O2S. The number of hydrogen-bond acceptors (Lipinski definition) is 4. The fourth-order valence-electron chi connectivity index (χ4n) is 2.32. The molecule has 0 rings (SSSR count). The summed E-state index contributed by atoms with van der Waals surface area (Å²) in [6.45, 7) is 10.7. The minimum Gasteiger partial charge on any atom is -0.343 e. The van der Waals surface area contributed by atoms with Crippen LogP contribution in [0.15, 0.2) is 0 Å². The number of hydrogen-bond donors (Lipinski definition) is 5. The van der Waals surface area contributed by atoms with Gasteiger partial charge in [-0.15, -0.1) is 0 Å². The number of rotatable bonds is 10. The summed E-state index contributed by atoms with van der Waals surface area (Å²) in [6.07, 6.45) is 6.23. The van der Waals surface area contributed by atoms with Gasteiger partial charge >= 0.3 is 0 Å². The average molecular weight is 363 g/mol. The van der Waals surface area contributed by atoms with Crippen LogP contribution < -0.4 is 21.1 Å². The third-order valence-electron chi connectivity index (χ3n) is 3.45. The Morgan fingerprint density at radius 1 is 1.08 bits per heavy atom. The summed E-state index contributed by atoms with van der Waals surface area (Å²) >= 11 is -0.557. The Morgan fingerprint density at radius 3 is 2.08 bits per heavy atom. The lowest BCUT2D eigenvalue weighted by Gasteiger charge is -2.31. The standard InChI is InChI=1S/C17H38N4O2S/c1-12(2)14(20-17(3,4)5)16(23)19-13(10-8-9-11-18)15(22)21-24(6)7/h12-14,20,24H,8-11,18H2,1-7H3,(H,19,23)(H,21,22)/t13-,14-/m0/s1. The SMILES string of the molecule is CC(C)[C@H](NC(C)(C)C)C(=O)N[C@@H](CCCCN)C(=O)N[SH](C)C. The number of nitrogens with two attached hydrogens (primary N) is 1. The summed E-state index contributed by atoms with van der Waals surface area (Å²) in [5.41, 5.74) is 5.36. The summed E-state index contributed by atoms with van der Waals surface area (Å²) in [5, 5.41) is 6.29. The first-order chi connectivity index (χ1) is 11.0. The molecule has 0 radical (unpaired) electrons. The normalized spacial score (nSPS) is 15.0. The van der Waals surface area contributed by atoms with Gasteiger partial charge in [0.2, 0.25) is 5.91 Å². The minimum absolute atomic E-state index is 0.102. The molecule has 0 spiro atoms. The summed E-state index contributed by atoms with van der Waals surface area (Å²) < 4.78 is 2.95. The number of thiol groups is 1. The van der Waals surface area contributed by atoms with Crippen LogP contribution in [-0.2, 0) is 9.59 Å². The molecule has 0 aliphatic heterocycles. The highest BCUT2D eigenvalue weighted by atomic mass is 32.2. The molecule has 0 unspecified atom stereocenters. The maximum absolute atomic E-state index is 12.7. The van der Waals surface area contributed by atoms with Gasteiger partial charge in [-0.05, 0) is 65.0 Å². The van der Waals surface area contributed by atoms with E-state index in [2.05, 4.69) is 15.4 Å². The highest BCUT2D eigenvalue weighted by Crippen LogP contribution is 2.12. The average Bonchev–Trinajstić information content (AvgIpc) is 2.41. The highest BCUT2D eigenvalue weighted by Gasteiger charge is 2.29. The molecule has 0 aromatic carbocycles. The highest BCUT2D eigenvalue weighted by molar-refractivity contribution is 8.14. The second-order valence-corrected chi connectivity index (χ2v) is 9.84. The lowest BCUT2D eigenvalue weighted by atomic mass is 9.98. The molecule has 5 N–H and O–H groups in total. The molecule has 6 nitrogen and oxygen atoms in total. The van der Waals surface area contributed by atoms with E-state index in [4.69, 9.17) is 5.73 Å². The molecule has 0 fully saturated rings. The van der Waals surface area contributed by atoms with Crippen LogP contribution in [0.2, 0.25) is 0 Å². The minimum atomic E-state index is -0.557. The summed E-state index contributed by atoms with van der Waals surface area (Å²) in [6, 6.07) is -0.837. The second kappa shape index (κ2) is 10.9. The van der Waals surface area contributed by atoms with Crippen molar-refractivity contribution in [2.45, 2.75) is 71.5 Å². The largest absolute Gasteiger partial charge is 0.343 e. The van der Waals surface area contributed by atoms with E-state index in [1.807, 2.05) is 47.1 Å². The van der Waals surface area contributed by atoms with E-state index in [9.17, 15) is 9.59 Å². The summed E-state index contributed by atoms with van der Waals surface area (Å²) in [4.78, 5) is 25.1. The van der Waals surface area contributed by atoms with Gasteiger partial charge in [-0.2, -0.15) is 11.1 Å². The lowest BCUT2D eigenvalue weighted by molar-refractivity contribution is -0.130. The molecule has 0 saturated heterocycles.